The maximum atomic E-state index is 13.5. The second-order valence-corrected chi connectivity index (χ2v) is 4.49. The standard InChI is InChI=1S/C13H16FNO/c1-8-11(14)6-7-12(15)13(8)9-2-4-10(16)5-3-9/h6-7,9H,2-5,15H2,1H3. The molecule has 3 heteroatoms. The minimum absolute atomic E-state index is 0.207. The fourth-order valence-electron chi connectivity index (χ4n) is 2.49. The number of hydrogen-bond acceptors (Lipinski definition) is 2. The van der Waals surface area contributed by atoms with Crippen LogP contribution in [-0.4, -0.2) is 5.78 Å². The maximum Gasteiger partial charge on any atom is 0.132 e. The molecule has 2 nitrogen and oxygen atoms in total. The summed E-state index contributed by atoms with van der Waals surface area (Å²) in [5.74, 6) is 0.346. The maximum absolute atomic E-state index is 13.5. The Morgan fingerprint density at radius 1 is 1.31 bits per heavy atom. The average molecular weight is 221 g/mol. The van der Waals surface area contributed by atoms with Crippen molar-refractivity contribution < 1.29 is 9.18 Å². The Labute approximate surface area is 94.6 Å². The normalized spacial score (nSPS) is 17.8. The fraction of sp³-hybridized carbons (Fsp3) is 0.462. The molecule has 1 aromatic rings. The molecule has 2 N–H and O–H groups in total. The van der Waals surface area contributed by atoms with E-state index in [-0.39, 0.29) is 11.7 Å². The molecule has 2 rings (SSSR count). The summed E-state index contributed by atoms with van der Waals surface area (Å²) in [6.45, 7) is 1.76. The third-order valence-electron chi connectivity index (χ3n) is 3.43. The molecule has 0 aromatic heterocycles. The van der Waals surface area contributed by atoms with Crippen LogP contribution in [0.15, 0.2) is 12.1 Å². The molecule has 1 aromatic carbocycles. The average Bonchev–Trinajstić information content (AvgIpc) is 2.27. The number of hydrogen-bond donors (Lipinski definition) is 1. The van der Waals surface area contributed by atoms with Crippen molar-refractivity contribution in [3.05, 3.63) is 29.1 Å². The fourth-order valence-corrected chi connectivity index (χ4v) is 2.49. The highest BCUT2D eigenvalue weighted by atomic mass is 19.1. The van der Waals surface area contributed by atoms with Gasteiger partial charge in [-0.2, -0.15) is 0 Å². The molecule has 16 heavy (non-hydrogen) atoms. The number of nitrogens with two attached hydrogens (primary N) is 1. The van der Waals surface area contributed by atoms with Gasteiger partial charge in [-0.3, -0.25) is 4.79 Å². The zero-order valence-electron chi connectivity index (χ0n) is 9.42. The zero-order valence-corrected chi connectivity index (χ0v) is 9.42. The number of rotatable bonds is 1. The van der Waals surface area contributed by atoms with Crippen molar-refractivity contribution in [2.75, 3.05) is 5.73 Å². The van der Waals surface area contributed by atoms with Crippen LogP contribution in [0, 0.1) is 12.7 Å². The Bertz CT molecular complexity index is 418. The van der Waals surface area contributed by atoms with Crippen LogP contribution >= 0.6 is 0 Å². The van der Waals surface area contributed by atoms with Crippen molar-refractivity contribution >= 4 is 11.5 Å². The Balaban J connectivity index is 2.33. The lowest BCUT2D eigenvalue weighted by Gasteiger charge is -2.24. The van der Waals surface area contributed by atoms with Gasteiger partial charge in [0, 0.05) is 18.5 Å². The molecule has 0 amide bonds. The van der Waals surface area contributed by atoms with Crippen molar-refractivity contribution in [2.24, 2.45) is 0 Å². The molecule has 86 valence electrons. The van der Waals surface area contributed by atoms with E-state index in [2.05, 4.69) is 0 Å². The number of halogens is 1. The monoisotopic (exact) mass is 221 g/mol. The van der Waals surface area contributed by atoms with Gasteiger partial charge in [-0.05, 0) is 48.9 Å². The molecule has 1 aliphatic carbocycles. The van der Waals surface area contributed by atoms with E-state index in [0.717, 1.165) is 18.4 Å². The number of ketones is 1. The van der Waals surface area contributed by atoms with E-state index in [1.807, 2.05) is 0 Å². The van der Waals surface area contributed by atoms with E-state index < -0.39 is 0 Å². The van der Waals surface area contributed by atoms with E-state index >= 15 is 0 Å². The highest BCUT2D eigenvalue weighted by Crippen LogP contribution is 2.36. The van der Waals surface area contributed by atoms with Crippen LogP contribution in [0.25, 0.3) is 0 Å². The second kappa shape index (κ2) is 4.24. The summed E-state index contributed by atoms with van der Waals surface area (Å²) in [5, 5.41) is 0. The molecule has 0 saturated heterocycles. The molecule has 1 fully saturated rings. The Hall–Kier alpha value is -1.38. The summed E-state index contributed by atoms with van der Waals surface area (Å²) in [6, 6.07) is 3.02. The van der Waals surface area contributed by atoms with E-state index in [1.165, 1.54) is 6.07 Å². The van der Waals surface area contributed by atoms with Gasteiger partial charge in [-0.1, -0.05) is 0 Å². The topological polar surface area (TPSA) is 43.1 Å². The van der Waals surface area contributed by atoms with Crippen LogP contribution in [0.4, 0.5) is 10.1 Å². The molecular weight excluding hydrogens is 205 g/mol. The number of carbonyl (C=O) groups excluding carboxylic acids is 1. The van der Waals surface area contributed by atoms with Gasteiger partial charge in [0.25, 0.3) is 0 Å². The predicted molar refractivity (Wildman–Crippen MR) is 61.8 cm³/mol. The summed E-state index contributed by atoms with van der Waals surface area (Å²) in [6.07, 6.45) is 2.79. The van der Waals surface area contributed by atoms with Crippen LogP contribution in [0.5, 0.6) is 0 Å². The first-order chi connectivity index (χ1) is 7.59. The van der Waals surface area contributed by atoms with Crippen LogP contribution in [-0.2, 0) is 4.79 Å². The predicted octanol–water partition coefficient (Wildman–Crippen LogP) is 2.94. The highest BCUT2D eigenvalue weighted by Gasteiger charge is 2.24. The highest BCUT2D eigenvalue weighted by molar-refractivity contribution is 5.79. The van der Waals surface area contributed by atoms with E-state index in [0.29, 0.717) is 29.9 Å². The first kappa shape index (κ1) is 11.1. The molecule has 0 heterocycles. The van der Waals surface area contributed by atoms with Crippen LogP contribution in [0.2, 0.25) is 0 Å². The number of anilines is 1. The van der Waals surface area contributed by atoms with Crippen molar-refractivity contribution in [1.29, 1.82) is 0 Å². The minimum atomic E-state index is -0.207. The van der Waals surface area contributed by atoms with E-state index in [1.54, 1.807) is 13.0 Å². The Morgan fingerprint density at radius 3 is 2.56 bits per heavy atom. The summed E-state index contributed by atoms with van der Waals surface area (Å²) >= 11 is 0. The van der Waals surface area contributed by atoms with Crippen molar-refractivity contribution in [1.82, 2.24) is 0 Å². The van der Waals surface area contributed by atoms with Gasteiger partial charge in [0.1, 0.15) is 11.6 Å². The van der Waals surface area contributed by atoms with Crippen LogP contribution in [0.3, 0.4) is 0 Å². The number of benzene rings is 1. The van der Waals surface area contributed by atoms with Crippen molar-refractivity contribution in [3.8, 4) is 0 Å². The van der Waals surface area contributed by atoms with E-state index in [9.17, 15) is 9.18 Å². The molecule has 0 unspecified atom stereocenters. The molecule has 1 saturated carbocycles. The summed E-state index contributed by atoms with van der Waals surface area (Å²) in [5.41, 5.74) is 8.10. The molecule has 1 aliphatic rings. The summed E-state index contributed by atoms with van der Waals surface area (Å²) in [4.78, 5) is 11.2. The third-order valence-corrected chi connectivity index (χ3v) is 3.43. The van der Waals surface area contributed by atoms with Gasteiger partial charge in [-0.15, -0.1) is 0 Å². The summed E-state index contributed by atoms with van der Waals surface area (Å²) in [7, 11) is 0. The molecule has 0 aliphatic heterocycles. The Kier molecular flexibility index (Phi) is 2.95. The quantitative estimate of drug-likeness (QED) is 0.741. The lowest BCUT2D eigenvalue weighted by molar-refractivity contribution is -0.120. The SMILES string of the molecule is Cc1c(F)ccc(N)c1C1CCC(=O)CC1. The lowest BCUT2D eigenvalue weighted by Crippen LogP contribution is -2.15. The van der Waals surface area contributed by atoms with Gasteiger partial charge in [0.2, 0.25) is 0 Å². The number of carbonyl (C=O) groups is 1. The van der Waals surface area contributed by atoms with Crippen LogP contribution < -0.4 is 5.73 Å². The van der Waals surface area contributed by atoms with Gasteiger partial charge in [0.15, 0.2) is 0 Å². The summed E-state index contributed by atoms with van der Waals surface area (Å²) < 4.78 is 13.5. The first-order valence-electron chi connectivity index (χ1n) is 5.65. The molecule has 0 atom stereocenters. The van der Waals surface area contributed by atoms with Gasteiger partial charge in [-0.25, -0.2) is 4.39 Å². The van der Waals surface area contributed by atoms with Crippen molar-refractivity contribution in [3.63, 3.8) is 0 Å². The van der Waals surface area contributed by atoms with Gasteiger partial charge >= 0.3 is 0 Å². The number of nitrogen functional groups attached to an aromatic ring is 1. The molecule has 0 spiro atoms. The number of Topliss-reactive ketones (excluding diaryl/α,β-unsaturated/α-hetero) is 1. The molecule has 0 radical (unpaired) electrons. The molecular formula is C13H16FNO. The molecule has 0 bridgehead atoms. The van der Waals surface area contributed by atoms with Gasteiger partial charge in [0.05, 0.1) is 0 Å². The third kappa shape index (κ3) is 1.94. The second-order valence-electron chi connectivity index (χ2n) is 4.49. The lowest BCUT2D eigenvalue weighted by atomic mass is 9.81. The first-order valence-corrected chi connectivity index (χ1v) is 5.65. The van der Waals surface area contributed by atoms with Crippen LogP contribution in [0.1, 0.15) is 42.7 Å². The van der Waals surface area contributed by atoms with Crippen molar-refractivity contribution in [2.45, 2.75) is 38.5 Å². The minimum Gasteiger partial charge on any atom is -0.398 e. The smallest absolute Gasteiger partial charge is 0.132 e. The Morgan fingerprint density at radius 2 is 1.94 bits per heavy atom. The zero-order chi connectivity index (χ0) is 11.7. The van der Waals surface area contributed by atoms with Gasteiger partial charge < -0.3 is 5.73 Å². The van der Waals surface area contributed by atoms with E-state index in [4.69, 9.17) is 5.73 Å². The largest absolute Gasteiger partial charge is 0.398 e.